The van der Waals surface area contributed by atoms with E-state index in [1.165, 1.54) is 5.56 Å². The SMILES string of the molecule is CCC(=O)N(c1ccccc1)C1C(C)CN(Cc2ccccc2)CC1C. The molecule has 3 nitrogen and oxygen atoms in total. The predicted octanol–water partition coefficient (Wildman–Crippen LogP) is 4.59. The quantitative estimate of drug-likeness (QED) is 0.788. The molecule has 0 radical (unpaired) electrons. The molecule has 2 atom stereocenters. The first kappa shape index (κ1) is 18.7. The van der Waals surface area contributed by atoms with Gasteiger partial charge in [0.25, 0.3) is 0 Å². The van der Waals surface area contributed by atoms with E-state index in [1.54, 1.807) is 0 Å². The van der Waals surface area contributed by atoms with E-state index in [2.05, 4.69) is 66.1 Å². The van der Waals surface area contributed by atoms with Gasteiger partial charge in [-0.15, -0.1) is 0 Å². The Morgan fingerprint density at radius 3 is 2.04 bits per heavy atom. The molecule has 1 fully saturated rings. The topological polar surface area (TPSA) is 23.6 Å². The van der Waals surface area contributed by atoms with E-state index < -0.39 is 0 Å². The van der Waals surface area contributed by atoms with Gasteiger partial charge >= 0.3 is 0 Å². The van der Waals surface area contributed by atoms with Crippen LogP contribution >= 0.6 is 0 Å². The lowest BCUT2D eigenvalue weighted by molar-refractivity contribution is -0.119. The van der Waals surface area contributed by atoms with Gasteiger partial charge in [0.1, 0.15) is 0 Å². The Kier molecular flexibility index (Phi) is 6.10. The van der Waals surface area contributed by atoms with E-state index in [0.29, 0.717) is 18.3 Å². The van der Waals surface area contributed by atoms with E-state index in [-0.39, 0.29) is 11.9 Å². The van der Waals surface area contributed by atoms with Gasteiger partial charge in [-0.1, -0.05) is 69.3 Å². The fourth-order valence-corrected chi connectivity index (χ4v) is 4.39. The molecule has 3 rings (SSSR count). The molecule has 3 heteroatoms. The molecule has 0 bridgehead atoms. The third-order valence-electron chi connectivity index (χ3n) is 5.41. The fraction of sp³-hybridized carbons (Fsp3) is 0.435. The lowest BCUT2D eigenvalue weighted by atomic mass is 9.83. The van der Waals surface area contributed by atoms with Gasteiger partial charge < -0.3 is 4.90 Å². The van der Waals surface area contributed by atoms with E-state index in [9.17, 15) is 4.79 Å². The zero-order valence-electron chi connectivity index (χ0n) is 16.1. The zero-order valence-corrected chi connectivity index (χ0v) is 16.1. The molecule has 0 aromatic heterocycles. The molecule has 0 saturated carbocycles. The maximum absolute atomic E-state index is 12.8. The molecular formula is C23H30N2O. The smallest absolute Gasteiger partial charge is 0.226 e. The summed E-state index contributed by atoms with van der Waals surface area (Å²) in [5.74, 6) is 1.08. The Hall–Kier alpha value is -2.13. The van der Waals surface area contributed by atoms with Gasteiger partial charge in [-0.05, 0) is 29.5 Å². The first-order valence-corrected chi connectivity index (χ1v) is 9.73. The Morgan fingerprint density at radius 1 is 0.962 bits per heavy atom. The lowest BCUT2D eigenvalue weighted by Gasteiger charge is -2.46. The average molecular weight is 351 g/mol. The minimum absolute atomic E-state index is 0.219. The third kappa shape index (κ3) is 4.16. The largest absolute Gasteiger partial charge is 0.309 e. The highest BCUT2D eigenvalue weighted by Crippen LogP contribution is 2.32. The maximum atomic E-state index is 12.8. The number of rotatable bonds is 5. The summed E-state index contributed by atoms with van der Waals surface area (Å²) in [4.78, 5) is 17.4. The van der Waals surface area contributed by atoms with Gasteiger partial charge in [-0.3, -0.25) is 9.69 Å². The molecule has 2 unspecified atom stereocenters. The van der Waals surface area contributed by atoms with E-state index in [0.717, 1.165) is 25.3 Å². The maximum Gasteiger partial charge on any atom is 0.226 e. The molecular weight excluding hydrogens is 320 g/mol. The molecule has 2 aromatic rings. The highest BCUT2D eigenvalue weighted by molar-refractivity contribution is 5.93. The summed E-state index contributed by atoms with van der Waals surface area (Å²) in [6, 6.07) is 21.1. The van der Waals surface area contributed by atoms with Crippen LogP contribution < -0.4 is 4.90 Å². The van der Waals surface area contributed by atoms with Gasteiger partial charge in [-0.25, -0.2) is 0 Å². The summed E-state index contributed by atoms with van der Waals surface area (Å²) in [7, 11) is 0. The number of anilines is 1. The normalized spacial score (nSPS) is 23.6. The molecule has 138 valence electrons. The van der Waals surface area contributed by atoms with Crippen LogP contribution in [0.5, 0.6) is 0 Å². The summed E-state index contributed by atoms with van der Waals surface area (Å²) in [6.45, 7) is 9.55. The molecule has 1 heterocycles. The number of amides is 1. The van der Waals surface area contributed by atoms with E-state index in [4.69, 9.17) is 0 Å². The molecule has 0 spiro atoms. The average Bonchev–Trinajstić information content (AvgIpc) is 2.65. The second-order valence-corrected chi connectivity index (χ2v) is 7.58. The number of hydrogen-bond acceptors (Lipinski definition) is 2. The molecule has 1 aliphatic heterocycles. The summed E-state index contributed by atoms with van der Waals surface area (Å²) in [6.07, 6.45) is 0.540. The number of para-hydroxylation sites is 1. The van der Waals surface area contributed by atoms with Crippen molar-refractivity contribution in [2.75, 3.05) is 18.0 Å². The molecule has 0 aliphatic carbocycles. The van der Waals surface area contributed by atoms with Crippen molar-refractivity contribution < 1.29 is 4.79 Å². The first-order chi connectivity index (χ1) is 12.6. The lowest BCUT2D eigenvalue weighted by Crippen LogP contribution is -2.56. The number of benzene rings is 2. The van der Waals surface area contributed by atoms with Gasteiger partial charge in [-0.2, -0.15) is 0 Å². The van der Waals surface area contributed by atoms with Gasteiger partial charge in [0, 0.05) is 37.8 Å². The van der Waals surface area contributed by atoms with Crippen molar-refractivity contribution in [3.05, 3.63) is 66.2 Å². The van der Waals surface area contributed by atoms with Crippen LogP contribution in [0.3, 0.4) is 0 Å². The minimum atomic E-state index is 0.219. The zero-order chi connectivity index (χ0) is 18.5. The monoisotopic (exact) mass is 350 g/mol. The van der Waals surface area contributed by atoms with Crippen LogP contribution in [0.15, 0.2) is 60.7 Å². The van der Waals surface area contributed by atoms with Gasteiger partial charge in [0.15, 0.2) is 0 Å². The standard InChI is InChI=1S/C23H30N2O/c1-4-22(26)25(21-13-9-6-10-14-21)23-18(2)15-24(16-19(23)3)17-20-11-7-5-8-12-20/h5-14,18-19,23H,4,15-17H2,1-3H3. The Balaban J connectivity index is 1.78. The fourth-order valence-electron chi connectivity index (χ4n) is 4.39. The van der Waals surface area contributed by atoms with Gasteiger partial charge in [0.05, 0.1) is 0 Å². The molecule has 1 saturated heterocycles. The third-order valence-corrected chi connectivity index (χ3v) is 5.41. The number of carbonyl (C=O) groups excluding carboxylic acids is 1. The van der Waals surface area contributed by atoms with Gasteiger partial charge in [0.2, 0.25) is 5.91 Å². The summed E-state index contributed by atoms with van der Waals surface area (Å²) >= 11 is 0. The Morgan fingerprint density at radius 2 is 1.50 bits per heavy atom. The Labute approximate surface area is 157 Å². The van der Waals surface area contributed by atoms with Crippen LogP contribution in [0.25, 0.3) is 0 Å². The van der Waals surface area contributed by atoms with Crippen molar-refractivity contribution in [3.63, 3.8) is 0 Å². The predicted molar refractivity (Wildman–Crippen MR) is 108 cm³/mol. The van der Waals surface area contributed by atoms with Crippen LogP contribution in [-0.2, 0) is 11.3 Å². The number of hydrogen-bond donors (Lipinski definition) is 0. The van der Waals surface area contributed by atoms with Crippen LogP contribution in [0.1, 0.15) is 32.8 Å². The van der Waals surface area contributed by atoms with Crippen molar-refractivity contribution in [2.24, 2.45) is 11.8 Å². The summed E-state index contributed by atoms with van der Waals surface area (Å²) < 4.78 is 0. The van der Waals surface area contributed by atoms with E-state index in [1.807, 2.05) is 25.1 Å². The molecule has 1 amide bonds. The van der Waals surface area contributed by atoms with Crippen molar-refractivity contribution in [3.8, 4) is 0 Å². The Bertz CT molecular complexity index is 689. The van der Waals surface area contributed by atoms with Crippen LogP contribution in [0, 0.1) is 11.8 Å². The highest BCUT2D eigenvalue weighted by Gasteiger charge is 2.38. The van der Waals surface area contributed by atoms with Crippen molar-refractivity contribution >= 4 is 11.6 Å². The molecule has 26 heavy (non-hydrogen) atoms. The van der Waals surface area contributed by atoms with E-state index >= 15 is 0 Å². The van der Waals surface area contributed by atoms with Crippen LogP contribution in [0.2, 0.25) is 0 Å². The summed E-state index contributed by atoms with van der Waals surface area (Å²) in [5, 5.41) is 0. The number of likely N-dealkylation sites (tertiary alicyclic amines) is 1. The minimum Gasteiger partial charge on any atom is -0.309 e. The number of piperidine rings is 1. The molecule has 0 N–H and O–H groups in total. The van der Waals surface area contributed by atoms with Crippen molar-refractivity contribution in [2.45, 2.75) is 39.8 Å². The second kappa shape index (κ2) is 8.50. The number of carbonyl (C=O) groups is 1. The number of nitrogens with zero attached hydrogens (tertiary/aromatic N) is 2. The first-order valence-electron chi connectivity index (χ1n) is 9.73. The van der Waals surface area contributed by atoms with Crippen molar-refractivity contribution in [1.29, 1.82) is 0 Å². The second-order valence-electron chi connectivity index (χ2n) is 7.58. The van der Waals surface area contributed by atoms with Crippen molar-refractivity contribution in [1.82, 2.24) is 4.90 Å². The highest BCUT2D eigenvalue weighted by atomic mass is 16.2. The molecule has 2 aromatic carbocycles. The van der Waals surface area contributed by atoms with Crippen LogP contribution in [-0.4, -0.2) is 29.9 Å². The summed E-state index contributed by atoms with van der Waals surface area (Å²) in [5.41, 5.74) is 2.38. The molecule has 1 aliphatic rings. The van der Waals surface area contributed by atoms with Crippen LogP contribution in [0.4, 0.5) is 5.69 Å².